The highest BCUT2D eigenvalue weighted by Gasteiger charge is 2.14. The summed E-state index contributed by atoms with van der Waals surface area (Å²) in [5, 5.41) is 12.5. The molecule has 0 bridgehead atoms. The third-order valence-corrected chi connectivity index (χ3v) is 3.11. The first-order valence-corrected chi connectivity index (χ1v) is 6.51. The van der Waals surface area contributed by atoms with Crippen LogP contribution in [0.5, 0.6) is 11.5 Å². The Labute approximate surface area is 127 Å². The molecule has 21 heavy (non-hydrogen) atoms. The smallest absolute Gasteiger partial charge is 0.259 e. The Kier molecular flexibility index (Phi) is 4.39. The van der Waals surface area contributed by atoms with Crippen molar-refractivity contribution >= 4 is 28.8 Å². The highest BCUT2D eigenvalue weighted by molar-refractivity contribution is 7.80. The zero-order chi connectivity index (χ0) is 15.4. The summed E-state index contributed by atoms with van der Waals surface area (Å²) < 4.78 is 4.97. The summed E-state index contributed by atoms with van der Waals surface area (Å²) in [5.41, 5.74) is 6.80. The Bertz CT molecular complexity index is 701. The number of carbonyl (C=O) groups is 1. The van der Waals surface area contributed by atoms with Crippen LogP contribution in [-0.2, 0) is 0 Å². The fraction of sp³-hybridized carbons (Fsp3) is 0.0667. The van der Waals surface area contributed by atoms with Gasteiger partial charge in [-0.05, 0) is 24.3 Å². The monoisotopic (exact) mass is 302 g/mol. The van der Waals surface area contributed by atoms with E-state index in [1.807, 2.05) is 0 Å². The van der Waals surface area contributed by atoms with Crippen LogP contribution in [0.2, 0.25) is 0 Å². The molecule has 4 N–H and O–H groups in total. The molecule has 0 saturated carbocycles. The number of phenolic OH excluding ortho intramolecular Hbond substituents is 1. The number of aromatic hydroxyl groups is 1. The fourth-order valence-electron chi connectivity index (χ4n) is 1.83. The molecule has 0 aliphatic carbocycles. The van der Waals surface area contributed by atoms with Crippen molar-refractivity contribution in [2.24, 2.45) is 5.73 Å². The van der Waals surface area contributed by atoms with Gasteiger partial charge in [0.2, 0.25) is 0 Å². The number of rotatable bonds is 4. The number of phenols is 1. The summed E-state index contributed by atoms with van der Waals surface area (Å²) in [7, 11) is 1.48. The maximum absolute atomic E-state index is 12.2. The molecule has 108 valence electrons. The molecule has 1 amide bonds. The van der Waals surface area contributed by atoms with Crippen LogP contribution < -0.4 is 15.8 Å². The van der Waals surface area contributed by atoms with E-state index in [0.29, 0.717) is 17.0 Å². The number of nitrogens with two attached hydrogens (primary N) is 1. The van der Waals surface area contributed by atoms with E-state index in [1.165, 1.54) is 19.2 Å². The molecule has 0 spiro atoms. The molecule has 0 aliphatic heterocycles. The van der Waals surface area contributed by atoms with Gasteiger partial charge in [-0.25, -0.2) is 0 Å². The SMILES string of the molecule is COc1ccc(C(=O)Nc2ccccc2C(N)=S)c(O)c1. The second-order valence-corrected chi connectivity index (χ2v) is 4.69. The fourth-order valence-corrected chi connectivity index (χ4v) is 2.01. The van der Waals surface area contributed by atoms with E-state index in [0.717, 1.165) is 0 Å². The number of methoxy groups -OCH3 is 1. The molecule has 2 rings (SSSR count). The van der Waals surface area contributed by atoms with Crippen molar-refractivity contribution in [2.45, 2.75) is 0 Å². The lowest BCUT2D eigenvalue weighted by Gasteiger charge is -2.11. The lowest BCUT2D eigenvalue weighted by atomic mass is 10.1. The minimum atomic E-state index is -0.459. The van der Waals surface area contributed by atoms with Crippen LogP contribution in [0.4, 0.5) is 5.69 Å². The molecule has 2 aromatic rings. The molecule has 0 radical (unpaired) electrons. The molecule has 0 saturated heterocycles. The van der Waals surface area contributed by atoms with Crippen molar-refractivity contribution in [3.63, 3.8) is 0 Å². The number of nitrogens with one attached hydrogen (secondary N) is 1. The lowest BCUT2D eigenvalue weighted by Crippen LogP contribution is -2.17. The maximum atomic E-state index is 12.2. The van der Waals surface area contributed by atoms with Gasteiger partial charge in [0.15, 0.2) is 0 Å². The van der Waals surface area contributed by atoms with Crippen LogP contribution in [-0.4, -0.2) is 23.1 Å². The Morgan fingerprint density at radius 2 is 1.95 bits per heavy atom. The van der Waals surface area contributed by atoms with Crippen LogP contribution >= 0.6 is 12.2 Å². The number of carbonyl (C=O) groups excluding carboxylic acids is 1. The van der Waals surface area contributed by atoms with Crippen molar-refractivity contribution in [3.8, 4) is 11.5 Å². The second kappa shape index (κ2) is 6.23. The van der Waals surface area contributed by atoms with E-state index >= 15 is 0 Å². The summed E-state index contributed by atoms with van der Waals surface area (Å²) >= 11 is 4.94. The van der Waals surface area contributed by atoms with Gasteiger partial charge in [-0.15, -0.1) is 0 Å². The molecular formula is C15H14N2O3S. The summed E-state index contributed by atoms with van der Waals surface area (Å²) in [4.78, 5) is 12.4. The average Bonchev–Trinajstić information content (AvgIpc) is 2.47. The molecular weight excluding hydrogens is 288 g/mol. The maximum Gasteiger partial charge on any atom is 0.259 e. The summed E-state index contributed by atoms with van der Waals surface area (Å²) in [6.45, 7) is 0. The first kappa shape index (κ1) is 14.8. The van der Waals surface area contributed by atoms with Crippen molar-refractivity contribution in [1.29, 1.82) is 0 Å². The van der Waals surface area contributed by atoms with Crippen molar-refractivity contribution in [1.82, 2.24) is 0 Å². The third kappa shape index (κ3) is 3.29. The predicted octanol–water partition coefficient (Wildman–Crippen LogP) is 2.29. The topological polar surface area (TPSA) is 84.6 Å². The number of hydrogen-bond donors (Lipinski definition) is 3. The van der Waals surface area contributed by atoms with E-state index in [4.69, 9.17) is 22.7 Å². The zero-order valence-corrected chi connectivity index (χ0v) is 12.1. The number of amides is 1. The summed E-state index contributed by atoms with van der Waals surface area (Å²) in [5.74, 6) is -0.161. The van der Waals surface area contributed by atoms with E-state index in [9.17, 15) is 9.90 Å². The van der Waals surface area contributed by atoms with Gasteiger partial charge >= 0.3 is 0 Å². The lowest BCUT2D eigenvalue weighted by molar-refractivity contribution is 0.102. The average molecular weight is 302 g/mol. The second-order valence-electron chi connectivity index (χ2n) is 4.25. The van der Waals surface area contributed by atoms with E-state index < -0.39 is 5.91 Å². The van der Waals surface area contributed by atoms with Gasteiger partial charge in [0.05, 0.1) is 18.4 Å². The predicted molar refractivity (Wildman–Crippen MR) is 84.9 cm³/mol. The van der Waals surface area contributed by atoms with Crippen LogP contribution in [0.25, 0.3) is 0 Å². The highest BCUT2D eigenvalue weighted by Crippen LogP contribution is 2.25. The molecule has 5 nitrogen and oxygen atoms in total. The van der Waals surface area contributed by atoms with Crippen LogP contribution in [0, 0.1) is 0 Å². The Morgan fingerprint density at radius 1 is 1.24 bits per heavy atom. The zero-order valence-electron chi connectivity index (χ0n) is 11.3. The van der Waals surface area contributed by atoms with Crippen molar-refractivity contribution in [2.75, 3.05) is 12.4 Å². The summed E-state index contributed by atoms with van der Waals surface area (Å²) in [6.07, 6.45) is 0. The van der Waals surface area contributed by atoms with E-state index in [1.54, 1.807) is 30.3 Å². The normalized spacial score (nSPS) is 9.95. The van der Waals surface area contributed by atoms with Gasteiger partial charge in [-0.1, -0.05) is 24.4 Å². The molecule has 0 atom stereocenters. The number of para-hydroxylation sites is 1. The van der Waals surface area contributed by atoms with Gasteiger partial charge < -0.3 is 20.9 Å². The van der Waals surface area contributed by atoms with Crippen LogP contribution in [0.15, 0.2) is 42.5 Å². The quantitative estimate of drug-likeness (QED) is 0.755. The highest BCUT2D eigenvalue weighted by atomic mass is 32.1. The van der Waals surface area contributed by atoms with Gasteiger partial charge in [0.1, 0.15) is 16.5 Å². The van der Waals surface area contributed by atoms with E-state index in [-0.39, 0.29) is 16.3 Å². The number of anilines is 1. The largest absolute Gasteiger partial charge is 0.507 e. The van der Waals surface area contributed by atoms with Gasteiger partial charge in [0, 0.05) is 11.6 Å². The number of thiocarbonyl (C=S) groups is 1. The van der Waals surface area contributed by atoms with Crippen molar-refractivity contribution < 1.29 is 14.6 Å². The van der Waals surface area contributed by atoms with Gasteiger partial charge in [-0.2, -0.15) is 0 Å². The molecule has 2 aromatic carbocycles. The minimum absolute atomic E-state index is 0.133. The van der Waals surface area contributed by atoms with E-state index in [2.05, 4.69) is 5.32 Å². The Morgan fingerprint density at radius 3 is 2.57 bits per heavy atom. The summed E-state index contributed by atoms with van der Waals surface area (Å²) in [6, 6.07) is 11.4. The minimum Gasteiger partial charge on any atom is -0.507 e. The number of ether oxygens (including phenoxy) is 1. The van der Waals surface area contributed by atoms with Crippen LogP contribution in [0.1, 0.15) is 15.9 Å². The van der Waals surface area contributed by atoms with Crippen LogP contribution in [0.3, 0.4) is 0 Å². The molecule has 0 aromatic heterocycles. The van der Waals surface area contributed by atoms with Gasteiger partial charge in [0.25, 0.3) is 5.91 Å². The molecule has 0 fully saturated rings. The third-order valence-electron chi connectivity index (χ3n) is 2.89. The Hall–Kier alpha value is -2.60. The number of benzene rings is 2. The van der Waals surface area contributed by atoms with Crippen molar-refractivity contribution in [3.05, 3.63) is 53.6 Å². The molecule has 0 unspecified atom stereocenters. The van der Waals surface area contributed by atoms with Gasteiger partial charge in [-0.3, -0.25) is 4.79 Å². The first-order valence-electron chi connectivity index (χ1n) is 6.10. The molecule has 0 heterocycles. The number of hydrogen-bond acceptors (Lipinski definition) is 4. The molecule has 0 aliphatic rings. The molecule has 6 heteroatoms. The Balaban J connectivity index is 2.28. The first-order chi connectivity index (χ1) is 10.0. The standard InChI is InChI=1S/C15H14N2O3S/c1-20-9-6-7-11(13(18)8-9)15(19)17-12-5-3-2-4-10(12)14(16)21/h2-8,18H,1H3,(H2,16,21)(H,17,19).